The van der Waals surface area contributed by atoms with E-state index in [2.05, 4.69) is 12.2 Å². The number of aliphatic hydroxyl groups is 1. The van der Waals surface area contributed by atoms with E-state index in [-0.39, 0.29) is 12.0 Å². The maximum absolute atomic E-state index is 11.3. The lowest BCUT2D eigenvalue weighted by molar-refractivity contribution is -0.121. The molecule has 0 radical (unpaired) electrons. The number of rotatable bonds is 17. The van der Waals surface area contributed by atoms with Crippen LogP contribution in [-0.4, -0.2) is 23.7 Å². The summed E-state index contributed by atoms with van der Waals surface area (Å²) in [5, 5.41) is 12.7. The van der Waals surface area contributed by atoms with Crippen LogP contribution >= 0.6 is 0 Å². The summed E-state index contributed by atoms with van der Waals surface area (Å²) in [7, 11) is 0. The highest BCUT2D eigenvalue weighted by atomic mass is 16.3. The Morgan fingerprint density at radius 2 is 1.26 bits per heavy atom. The molecule has 0 bridgehead atoms. The number of carbonyl (C=O) groups is 1. The molecule has 0 saturated heterocycles. The summed E-state index contributed by atoms with van der Waals surface area (Å²) >= 11 is 0. The van der Waals surface area contributed by atoms with Crippen molar-refractivity contribution < 1.29 is 9.90 Å². The van der Waals surface area contributed by atoms with E-state index in [9.17, 15) is 9.90 Å². The highest BCUT2D eigenvalue weighted by Gasteiger charge is 2.03. The van der Waals surface area contributed by atoms with Gasteiger partial charge in [-0.1, -0.05) is 77.6 Å². The summed E-state index contributed by atoms with van der Waals surface area (Å²) in [4.78, 5) is 11.3. The third-order valence-electron chi connectivity index (χ3n) is 4.46. The molecule has 0 aromatic carbocycles. The normalized spacial score (nSPS) is 12.3. The Balaban J connectivity index is 3.16. The molecule has 0 spiro atoms. The molecule has 0 fully saturated rings. The lowest BCUT2D eigenvalue weighted by Gasteiger charge is -2.10. The van der Waals surface area contributed by atoms with Gasteiger partial charge in [-0.3, -0.25) is 4.79 Å². The Morgan fingerprint density at radius 1 is 0.783 bits per heavy atom. The third kappa shape index (κ3) is 17.6. The number of nitrogens with one attached hydrogen (secondary N) is 1. The largest absolute Gasteiger partial charge is 0.393 e. The summed E-state index contributed by atoms with van der Waals surface area (Å²) in [5.41, 5.74) is 0. The third-order valence-corrected chi connectivity index (χ3v) is 4.46. The van der Waals surface area contributed by atoms with Gasteiger partial charge in [-0.25, -0.2) is 0 Å². The molecule has 3 nitrogen and oxygen atoms in total. The minimum absolute atomic E-state index is 0.0684. The van der Waals surface area contributed by atoms with Crippen LogP contribution in [0.1, 0.15) is 110 Å². The van der Waals surface area contributed by atoms with Crippen LogP contribution in [0.3, 0.4) is 0 Å². The van der Waals surface area contributed by atoms with Gasteiger partial charge in [0.05, 0.1) is 6.10 Å². The molecular formula is C20H41NO2. The first-order chi connectivity index (χ1) is 11.2. The Bertz CT molecular complexity index is 256. The zero-order valence-electron chi connectivity index (χ0n) is 15.7. The first kappa shape index (κ1) is 22.4. The lowest BCUT2D eigenvalue weighted by atomic mass is 10.0. The number of unbranched alkanes of at least 4 members (excludes halogenated alkanes) is 10. The maximum Gasteiger partial charge on any atom is 0.219 e. The van der Waals surface area contributed by atoms with Gasteiger partial charge in [0, 0.05) is 13.0 Å². The molecule has 2 N–H and O–H groups in total. The van der Waals surface area contributed by atoms with Crippen molar-refractivity contribution in [2.24, 2.45) is 0 Å². The van der Waals surface area contributed by atoms with E-state index >= 15 is 0 Å². The van der Waals surface area contributed by atoms with E-state index in [0.717, 1.165) is 25.8 Å². The number of carbonyl (C=O) groups excluding carboxylic acids is 1. The molecule has 0 unspecified atom stereocenters. The minimum Gasteiger partial charge on any atom is -0.393 e. The molecule has 0 aliphatic carbocycles. The Morgan fingerprint density at radius 3 is 1.78 bits per heavy atom. The van der Waals surface area contributed by atoms with Gasteiger partial charge < -0.3 is 10.4 Å². The van der Waals surface area contributed by atoms with Crippen LogP contribution < -0.4 is 5.32 Å². The molecule has 3 heteroatoms. The molecule has 0 aromatic heterocycles. The zero-order valence-corrected chi connectivity index (χ0v) is 15.7. The van der Waals surface area contributed by atoms with Gasteiger partial charge in [-0.05, 0) is 26.2 Å². The average molecular weight is 328 g/mol. The highest BCUT2D eigenvalue weighted by molar-refractivity contribution is 5.75. The average Bonchev–Trinajstić information content (AvgIpc) is 2.53. The van der Waals surface area contributed by atoms with Crippen molar-refractivity contribution in [1.29, 1.82) is 0 Å². The van der Waals surface area contributed by atoms with Crippen LogP contribution in [0, 0.1) is 0 Å². The number of hydrogen-bond acceptors (Lipinski definition) is 2. The van der Waals surface area contributed by atoms with Gasteiger partial charge in [0.25, 0.3) is 0 Å². The molecule has 0 aromatic rings. The van der Waals surface area contributed by atoms with Crippen molar-refractivity contribution >= 4 is 5.91 Å². The topological polar surface area (TPSA) is 49.3 Å². The fourth-order valence-electron chi connectivity index (χ4n) is 2.96. The predicted octanol–water partition coefficient (Wildman–Crippen LogP) is 5.35. The molecular weight excluding hydrogens is 286 g/mol. The minimum atomic E-state index is -0.0684. The molecule has 0 heterocycles. The van der Waals surface area contributed by atoms with Gasteiger partial charge in [-0.15, -0.1) is 0 Å². The van der Waals surface area contributed by atoms with Crippen molar-refractivity contribution in [3.63, 3.8) is 0 Å². The van der Waals surface area contributed by atoms with Gasteiger partial charge in [-0.2, -0.15) is 0 Å². The van der Waals surface area contributed by atoms with Crippen LogP contribution in [0.4, 0.5) is 0 Å². The van der Waals surface area contributed by atoms with Crippen LogP contribution in [0.25, 0.3) is 0 Å². The summed E-state index contributed by atoms with van der Waals surface area (Å²) in [5.74, 6) is 0.195. The second-order valence-corrected chi connectivity index (χ2v) is 6.82. The van der Waals surface area contributed by atoms with Crippen molar-refractivity contribution in [3.05, 3.63) is 0 Å². The van der Waals surface area contributed by atoms with Crippen LogP contribution in [0.5, 0.6) is 0 Å². The Labute approximate surface area is 144 Å². The molecule has 0 rings (SSSR count). The highest BCUT2D eigenvalue weighted by Crippen LogP contribution is 2.14. The van der Waals surface area contributed by atoms with Crippen molar-refractivity contribution in [2.75, 3.05) is 6.54 Å². The van der Waals surface area contributed by atoms with E-state index in [0.29, 0.717) is 6.42 Å². The van der Waals surface area contributed by atoms with Crippen molar-refractivity contribution in [2.45, 2.75) is 116 Å². The quantitative estimate of drug-likeness (QED) is 0.354. The molecule has 0 saturated carbocycles. The van der Waals surface area contributed by atoms with Gasteiger partial charge in [0.15, 0.2) is 0 Å². The van der Waals surface area contributed by atoms with E-state index < -0.39 is 0 Å². The van der Waals surface area contributed by atoms with Gasteiger partial charge in [0.2, 0.25) is 5.91 Å². The van der Waals surface area contributed by atoms with Crippen LogP contribution in [0.2, 0.25) is 0 Å². The first-order valence-electron chi connectivity index (χ1n) is 10.2. The summed E-state index contributed by atoms with van der Waals surface area (Å²) in [6.45, 7) is 4.93. The predicted molar refractivity (Wildman–Crippen MR) is 99.6 cm³/mol. The number of hydrogen-bond donors (Lipinski definition) is 2. The molecule has 0 aliphatic heterocycles. The molecule has 1 atom stereocenters. The smallest absolute Gasteiger partial charge is 0.219 e. The van der Waals surface area contributed by atoms with Crippen molar-refractivity contribution in [1.82, 2.24) is 5.32 Å². The fraction of sp³-hybridized carbons (Fsp3) is 0.950. The van der Waals surface area contributed by atoms with Crippen molar-refractivity contribution in [3.8, 4) is 0 Å². The van der Waals surface area contributed by atoms with Gasteiger partial charge >= 0.3 is 0 Å². The second kappa shape index (κ2) is 17.8. The lowest BCUT2D eigenvalue weighted by Crippen LogP contribution is -2.21. The van der Waals surface area contributed by atoms with E-state index in [4.69, 9.17) is 0 Å². The molecule has 0 aliphatic rings. The first-order valence-corrected chi connectivity index (χ1v) is 10.2. The van der Waals surface area contributed by atoms with Crippen LogP contribution in [0.15, 0.2) is 0 Å². The standard InChI is InChI=1S/C20H41NO2/c1-3-5-6-13-16-19(22)17-14-11-9-7-8-10-12-15-18-20(23)21-4-2/h19,22H,3-18H2,1-2H3,(H,21,23)/t19-/m1/s1. The number of amides is 1. The van der Waals surface area contributed by atoms with Gasteiger partial charge in [0.1, 0.15) is 0 Å². The monoisotopic (exact) mass is 327 g/mol. The summed E-state index contributed by atoms with van der Waals surface area (Å²) < 4.78 is 0. The SMILES string of the molecule is CCCCCC[C@@H](O)CCCCCCCCCCC(=O)NCC. The van der Waals surface area contributed by atoms with E-state index in [1.165, 1.54) is 70.6 Å². The summed E-state index contributed by atoms with van der Waals surface area (Å²) in [6, 6.07) is 0. The van der Waals surface area contributed by atoms with E-state index in [1.807, 2.05) is 6.92 Å². The van der Waals surface area contributed by atoms with E-state index in [1.54, 1.807) is 0 Å². The Kier molecular flexibility index (Phi) is 17.3. The fourth-order valence-corrected chi connectivity index (χ4v) is 2.96. The number of aliphatic hydroxyl groups excluding tert-OH is 1. The Hall–Kier alpha value is -0.570. The summed E-state index contributed by atoms with van der Waals surface area (Å²) in [6.07, 6.45) is 17.4. The van der Waals surface area contributed by atoms with Crippen LogP contribution in [-0.2, 0) is 4.79 Å². The second-order valence-electron chi connectivity index (χ2n) is 6.82. The maximum atomic E-state index is 11.3. The zero-order chi connectivity index (χ0) is 17.2. The molecule has 138 valence electrons. The molecule has 1 amide bonds. The molecule has 23 heavy (non-hydrogen) atoms.